The van der Waals surface area contributed by atoms with Crippen molar-refractivity contribution in [2.45, 2.75) is 30.4 Å². The van der Waals surface area contributed by atoms with Gasteiger partial charge in [0.1, 0.15) is 0 Å². The molecule has 0 aromatic carbocycles. The molecular weight excluding hydrogens is 192 g/mol. The highest BCUT2D eigenvalue weighted by Crippen LogP contribution is 2.48. The Hall–Kier alpha value is 0.270. The minimum absolute atomic E-state index is 0.645. The fourth-order valence-electron chi connectivity index (χ4n) is 2.73. The van der Waals surface area contributed by atoms with E-state index >= 15 is 0 Å². The topological polar surface area (TPSA) is 29.3 Å². The number of nitrogens with zero attached hydrogens (tertiary/aromatic N) is 1. The molecule has 2 heterocycles. The molecule has 14 heavy (non-hydrogen) atoms. The first-order chi connectivity index (χ1) is 6.74. The molecule has 3 heteroatoms. The van der Waals surface area contributed by atoms with Gasteiger partial charge in [0, 0.05) is 4.75 Å². The van der Waals surface area contributed by atoms with Gasteiger partial charge in [0.25, 0.3) is 0 Å². The highest BCUT2D eigenvalue weighted by molar-refractivity contribution is 8.00. The summed E-state index contributed by atoms with van der Waals surface area (Å²) in [5.41, 5.74) is 5.63. The predicted molar refractivity (Wildman–Crippen MR) is 63.7 cm³/mol. The maximum atomic E-state index is 5.63. The maximum absolute atomic E-state index is 5.63. The number of rotatable bonds is 2. The molecule has 2 aliphatic rings. The summed E-state index contributed by atoms with van der Waals surface area (Å²) in [6, 6.07) is 0. The van der Waals surface area contributed by atoms with E-state index in [9.17, 15) is 0 Å². The number of nitrogens with two attached hydrogens (primary N) is 1. The summed E-state index contributed by atoms with van der Waals surface area (Å²) in [5, 5.41) is 0. The molecule has 1 spiro atoms. The van der Waals surface area contributed by atoms with Gasteiger partial charge in [-0.3, -0.25) is 0 Å². The summed E-state index contributed by atoms with van der Waals surface area (Å²) in [5.74, 6) is 2.27. The molecule has 82 valence electrons. The SMILES string of the molecule is CN1CCC2(CC1)CC(CCN)CS2. The minimum Gasteiger partial charge on any atom is -0.330 e. The molecule has 0 saturated carbocycles. The van der Waals surface area contributed by atoms with Gasteiger partial charge in [0.2, 0.25) is 0 Å². The molecule has 0 aromatic rings. The van der Waals surface area contributed by atoms with Crippen LogP contribution in [0.1, 0.15) is 25.7 Å². The number of thioether (sulfide) groups is 1. The Morgan fingerprint density at radius 2 is 2.14 bits per heavy atom. The fourth-order valence-corrected chi connectivity index (χ4v) is 4.43. The van der Waals surface area contributed by atoms with Crippen LogP contribution in [-0.4, -0.2) is 42.1 Å². The van der Waals surface area contributed by atoms with Gasteiger partial charge in [-0.15, -0.1) is 0 Å². The van der Waals surface area contributed by atoms with Crippen molar-refractivity contribution in [2.75, 3.05) is 32.4 Å². The van der Waals surface area contributed by atoms with E-state index in [1.165, 1.54) is 44.5 Å². The van der Waals surface area contributed by atoms with E-state index in [1.54, 1.807) is 0 Å². The van der Waals surface area contributed by atoms with Gasteiger partial charge >= 0.3 is 0 Å². The molecule has 0 radical (unpaired) electrons. The molecule has 1 atom stereocenters. The van der Waals surface area contributed by atoms with Crippen LogP contribution in [0.5, 0.6) is 0 Å². The lowest BCUT2D eigenvalue weighted by molar-refractivity contribution is 0.226. The molecule has 2 fully saturated rings. The summed E-state index contributed by atoms with van der Waals surface area (Å²) in [4.78, 5) is 2.46. The Bertz CT molecular complexity index is 188. The van der Waals surface area contributed by atoms with Crippen LogP contribution in [0.3, 0.4) is 0 Å². The van der Waals surface area contributed by atoms with Gasteiger partial charge < -0.3 is 10.6 Å². The zero-order chi connectivity index (χ0) is 10.0. The van der Waals surface area contributed by atoms with E-state index in [1.807, 2.05) is 0 Å². The van der Waals surface area contributed by atoms with Gasteiger partial charge in [0.05, 0.1) is 0 Å². The molecule has 0 aromatic heterocycles. The van der Waals surface area contributed by atoms with E-state index in [-0.39, 0.29) is 0 Å². The molecule has 2 nitrogen and oxygen atoms in total. The molecule has 0 aliphatic carbocycles. The summed E-state index contributed by atoms with van der Waals surface area (Å²) < 4.78 is 0.645. The zero-order valence-corrected chi connectivity index (χ0v) is 9.98. The Labute approximate surface area is 91.6 Å². The maximum Gasteiger partial charge on any atom is 0.0187 e. The van der Waals surface area contributed by atoms with Crippen molar-refractivity contribution in [1.29, 1.82) is 0 Å². The van der Waals surface area contributed by atoms with E-state index < -0.39 is 0 Å². The third-order valence-electron chi connectivity index (χ3n) is 3.76. The van der Waals surface area contributed by atoms with Gasteiger partial charge in [-0.25, -0.2) is 0 Å². The van der Waals surface area contributed by atoms with E-state index in [0.717, 1.165) is 12.5 Å². The van der Waals surface area contributed by atoms with E-state index in [0.29, 0.717) is 4.75 Å². The lowest BCUT2D eigenvalue weighted by Gasteiger charge is -2.37. The second-order valence-electron chi connectivity index (χ2n) is 4.94. The van der Waals surface area contributed by atoms with Crippen molar-refractivity contribution in [3.8, 4) is 0 Å². The molecule has 2 aliphatic heterocycles. The monoisotopic (exact) mass is 214 g/mol. The number of likely N-dealkylation sites (tertiary alicyclic amines) is 1. The van der Waals surface area contributed by atoms with Gasteiger partial charge in [-0.05, 0) is 64.0 Å². The third kappa shape index (κ3) is 2.26. The number of piperidine rings is 1. The van der Waals surface area contributed by atoms with Crippen LogP contribution in [0.15, 0.2) is 0 Å². The van der Waals surface area contributed by atoms with Crippen molar-refractivity contribution in [2.24, 2.45) is 11.7 Å². The first-order valence-electron chi connectivity index (χ1n) is 5.77. The minimum atomic E-state index is 0.645. The summed E-state index contributed by atoms with van der Waals surface area (Å²) in [7, 11) is 2.24. The van der Waals surface area contributed by atoms with E-state index in [2.05, 4.69) is 23.7 Å². The Kier molecular flexibility index (Phi) is 3.40. The van der Waals surface area contributed by atoms with Crippen molar-refractivity contribution in [3.05, 3.63) is 0 Å². The predicted octanol–water partition coefficient (Wildman–Crippen LogP) is 1.55. The lowest BCUT2D eigenvalue weighted by Crippen LogP contribution is -2.39. The van der Waals surface area contributed by atoms with Gasteiger partial charge in [-0.2, -0.15) is 11.8 Å². The largest absolute Gasteiger partial charge is 0.330 e. The van der Waals surface area contributed by atoms with Crippen LogP contribution < -0.4 is 5.73 Å². The molecule has 2 saturated heterocycles. The third-order valence-corrected chi connectivity index (χ3v) is 5.58. The average molecular weight is 214 g/mol. The number of hydrogen-bond acceptors (Lipinski definition) is 3. The zero-order valence-electron chi connectivity index (χ0n) is 9.17. The van der Waals surface area contributed by atoms with Crippen LogP contribution in [0.4, 0.5) is 0 Å². The van der Waals surface area contributed by atoms with Crippen LogP contribution in [0.25, 0.3) is 0 Å². The smallest absolute Gasteiger partial charge is 0.0187 e. The molecule has 0 amide bonds. The molecule has 1 unspecified atom stereocenters. The summed E-state index contributed by atoms with van der Waals surface area (Å²) in [6.07, 6.45) is 5.47. The Balaban J connectivity index is 1.86. The number of hydrogen-bond donors (Lipinski definition) is 1. The van der Waals surface area contributed by atoms with Crippen molar-refractivity contribution >= 4 is 11.8 Å². The molecule has 2 rings (SSSR count). The lowest BCUT2D eigenvalue weighted by atomic mass is 9.86. The van der Waals surface area contributed by atoms with Crippen LogP contribution in [0, 0.1) is 5.92 Å². The Morgan fingerprint density at radius 1 is 1.43 bits per heavy atom. The van der Waals surface area contributed by atoms with Crippen LogP contribution in [0.2, 0.25) is 0 Å². The quantitative estimate of drug-likeness (QED) is 0.756. The van der Waals surface area contributed by atoms with Gasteiger partial charge in [-0.1, -0.05) is 0 Å². The average Bonchev–Trinajstić information content (AvgIpc) is 2.56. The molecular formula is C11H22N2S. The van der Waals surface area contributed by atoms with Crippen molar-refractivity contribution < 1.29 is 0 Å². The van der Waals surface area contributed by atoms with Gasteiger partial charge in [0.15, 0.2) is 0 Å². The van der Waals surface area contributed by atoms with E-state index in [4.69, 9.17) is 5.73 Å². The van der Waals surface area contributed by atoms with Crippen molar-refractivity contribution in [3.63, 3.8) is 0 Å². The normalized spacial score (nSPS) is 32.6. The first kappa shape index (κ1) is 10.8. The highest BCUT2D eigenvalue weighted by Gasteiger charge is 2.40. The standard InChI is InChI=1S/C11H22N2S/c1-13-6-3-11(4-7-13)8-10(2-5-12)9-14-11/h10H,2-9,12H2,1H3. The molecule has 0 bridgehead atoms. The first-order valence-corrected chi connectivity index (χ1v) is 6.75. The second kappa shape index (κ2) is 4.42. The van der Waals surface area contributed by atoms with Crippen LogP contribution in [-0.2, 0) is 0 Å². The summed E-state index contributed by atoms with van der Waals surface area (Å²) >= 11 is 2.23. The van der Waals surface area contributed by atoms with Crippen molar-refractivity contribution in [1.82, 2.24) is 4.90 Å². The molecule has 2 N–H and O–H groups in total. The van der Waals surface area contributed by atoms with Crippen LogP contribution >= 0.6 is 11.8 Å². The highest BCUT2D eigenvalue weighted by atomic mass is 32.2. The fraction of sp³-hybridized carbons (Fsp3) is 1.00. The summed E-state index contributed by atoms with van der Waals surface area (Å²) in [6.45, 7) is 3.46. The second-order valence-corrected chi connectivity index (χ2v) is 6.43. The Morgan fingerprint density at radius 3 is 2.79 bits per heavy atom.